The van der Waals surface area contributed by atoms with Gasteiger partial charge in [0.25, 0.3) is 5.56 Å². The molecule has 1 unspecified atom stereocenters. The molecular weight excluding hydrogens is 413 g/mol. The molecule has 0 saturated heterocycles. The third-order valence-corrected chi connectivity index (χ3v) is 5.25. The first-order valence-electron chi connectivity index (χ1n) is 10.6. The van der Waals surface area contributed by atoms with Crippen molar-refractivity contribution in [3.05, 3.63) is 70.5 Å². The lowest BCUT2D eigenvalue weighted by atomic mass is 10.1. The van der Waals surface area contributed by atoms with Crippen molar-refractivity contribution in [1.82, 2.24) is 14.5 Å². The van der Waals surface area contributed by atoms with Crippen LogP contribution >= 0.6 is 0 Å². The Kier molecular flexibility index (Phi) is 7.35. The third kappa shape index (κ3) is 4.69. The zero-order valence-electron chi connectivity index (χ0n) is 18.4. The lowest BCUT2D eigenvalue weighted by Gasteiger charge is -2.29. The van der Waals surface area contributed by atoms with Crippen molar-refractivity contribution in [1.29, 1.82) is 0 Å². The first-order valence-corrected chi connectivity index (χ1v) is 10.6. The van der Waals surface area contributed by atoms with Crippen molar-refractivity contribution in [2.75, 3.05) is 13.2 Å². The highest BCUT2D eigenvalue weighted by Gasteiger charge is 2.27. The van der Waals surface area contributed by atoms with Gasteiger partial charge in [-0.05, 0) is 45.0 Å². The Labute approximate surface area is 185 Å². The van der Waals surface area contributed by atoms with Gasteiger partial charge in [-0.2, -0.15) is 0 Å². The fraction of sp³-hybridized carbons (Fsp3) is 0.333. The van der Waals surface area contributed by atoms with Crippen molar-refractivity contribution in [3.8, 4) is 5.69 Å². The Hall–Kier alpha value is -3.55. The summed E-state index contributed by atoms with van der Waals surface area (Å²) in [5, 5.41) is 0.350. The molecule has 32 heavy (non-hydrogen) atoms. The van der Waals surface area contributed by atoms with Crippen LogP contribution in [-0.2, 0) is 14.3 Å². The zero-order valence-corrected chi connectivity index (χ0v) is 18.4. The average molecular weight is 439 g/mol. The van der Waals surface area contributed by atoms with Gasteiger partial charge in [0.05, 0.1) is 35.7 Å². The van der Waals surface area contributed by atoms with E-state index < -0.39 is 23.4 Å². The molecule has 1 atom stereocenters. The van der Waals surface area contributed by atoms with E-state index in [1.165, 1.54) is 21.6 Å². The fourth-order valence-electron chi connectivity index (χ4n) is 3.69. The third-order valence-electron chi connectivity index (χ3n) is 5.25. The van der Waals surface area contributed by atoms with E-state index >= 15 is 0 Å². The van der Waals surface area contributed by atoms with Gasteiger partial charge in [-0.3, -0.25) is 19.0 Å². The van der Waals surface area contributed by atoms with E-state index in [1.54, 1.807) is 57.2 Å². The molecule has 168 valence electrons. The summed E-state index contributed by atoms with van der Waals surface area (Å²) in [6.07, 6.45) is -0.0737. The van der Waals surface area contributed by atoms with Gasteiger partial charge in [0, 0.05) is 13.0 Å². The van der Waals surface area contributed by atoms with Gasteiger partial charge < -0.3 is 9.64 Å². The number of amides is 1. The number of esters is 1. The monoisotopic (exact) mass is 439 g/mol. The highest BCUT2D eigenvalue weighted by atomic mass is 19.1. The Morgan fingerprint density at radius 3 is 2.47 bits per heavy atom. The first kappa shape index (κ1) is 23.1. The summed E-state index contributed by atoms with van der Waals surface area (Å²) in [6.45, 7) is 5.80. The molecule has 0 fully saturated rings. The second kappa shape index (κ2) is 10.2. The molecule has 3 rings (SSSR count). The largest absolute Gasteiger partial charge is 0.466 e. The van der Waals surface area contributed by atoms with E-state index in [2.05, 4.69) is 4.98 Å². The quantitative estimate of drug-likeness (QED) is 0.499. The maximum atomic E-state index is 14.7. The van der Waals surface area contributed by atoms with E-state index in [0.29, 0.717) is 17.4 Å². The lowest BCUT2D eigenvalue weighted by molar-refractivity contribution is -0.146. The summed E-state index contributed by atoms with van der Waals surface area (Å²) < 4.78 is 20.8. The van der Waals surface area contributed by atoms with Gasteiger partial charge in [-0.25, -0.2) is 9.37 Å². The molecule has 2 aromatic carbocycles. The molecular formula is C24H26FN3O4. The molecule has 0 bridgehead atoms. The van der Waals surface area contributed by atoms with Gasteiger partial charge in [0.1, 0.15) is 11.6 Å². The summed E-state index contributed by atoms with van der Waals surface area (Å²) in [4.78, 5) is 44.1. The van der Waals surface area contributed by atoms with Crippen LogP contribution in [0.5, 0.6) is 0 Å². The number of rotatable bonds is 8. The zero-order chi connectivity index (χ0) is 23.3. The van der Waals surface area contributed by atoms with Crippen LogP contribution in [0.2, 0.25) is 0 Å². The van der Waals surface area contributed by atoms with Gasteiger partial charge in [-0.1, -0.05) is 24.3 Å². The molecule has 3 aromatic rings. The summed E-state index contributed by atoms with van der Waals surface area (Å²) in [6, 6.07) is 12.1. The Morgan fingerprint density at radius 2 is 1.78 bits per heavy atom. The van der Waals surface area contributed by atoms with E-state index in [1.807, 2.05) is 0 Å². The normalized spacial score (nSPS) is 11.9. The number of para-hydroxylation sites is 2. The molecule has 1 amide bonds. The second-order valence-corrected chi connectivity index (χ2v) is 7.24. The van der Waals surface area contributed by atoms with Crippen LogP contribution in [0, 0.1) is 5.82 Å². The highest BCUT2D eigenvalue weighted by molar-refractivity contribution is 5.82. The van der Waals surface area contributed by atoms with Gasteiger partial charge in [-0.15, -0.1) is 0 Å². The molecule has 8 heteroatoms. The summed E-state index contributed by atoms with van der Waals surface area (Å²) in [5.74, 6) is -1.06. The molecule has 7 nitrogen and oxygen atoms in total. The van der Waals surface area contributed by atoms with Gasteiger partial charge in [0.15, 0.2) is 0 Å². The molecule has 0 aliphatic rings. The maximum absolute atomic E-state index is 14.7. The second-order valence-electron chi connectivity index (χ2n) is 7.24. The number of carbonyl (C=O) groups is 2. The molecule has 0 N–H and O–H groups in total. The lowest BCUT2D eigenvalue weighted by Crippen LogP contribution is -2.37. The van der Waals surface area contributed by atoms with Crippen LogP contribution in [0.15, 0.2) is 53.3 Å². The van der Waals surface area contributed by atoms with E-state index in [-0.39, 0.29) is 36.9 Å². The Balaban J connectivity index is 2.09. The first-order chi connectivity index (χ1) is 15.4. The minimum absolute atomic E-state index is 0.0332. The van der Waals surface area contributed by atoms with E-state index in [9.17, 15) is 18.8 Å². The predicted octanol–water partition coefficient (Wildman–Crippen LogP) is 3.78. The number of fused-ring (bicyclic) bond motifs is 1. The number of hydrogen-bond acceptors (Lipinski definition) is 5. The predicted molar refractivity (Wildman–Crippen MR) is 119 cm³/mol. The fourth-order valence-corrected chi connectivity index (χ4v) is 3.69. The number of halogens is 1. The number of hydrogen-bond donors (Lipinski definition) is 0. The molecule has 0 aliphatic carbocycles. The van der Waals surface area contributed by atoms with Gasteiger partial charge >= 0.3 is 5.97 Å². The standard InChI is InChI=1S/C24H26FN3O4/c1-4-27(21(29)14-15-22(30)32-5-2)16(3)23-26-19-12-8-6-10-17(19)24(31)28(23)20-13-9-7-11-18(20)25/h6-13,16H,4-5,14-15H2,1-3H3. The smallest absolute Gasteiger partial charge is 0.306 e. The van der Waals surface area contributed by atoms with Crippen LogP contribution in [0.25, 0.3) is 16.6 Å². The maximum Gasteiger partial charge on any atom is 0.306 e. The van der Waals surface area contributed by atoms with Crippen LogP contribution < -0.4 is 5.56 Å². The number of carbonyl (C=O) groups excluding carboxylic acids is 2. The molecule has 0 aliphatic heterocycles. The van der Waals surface area contributed by atoms with E-state index in [0.717, 1.165) is 0 Å². The van der Waals surface area contributed by atoms with Crippen molar-refractivity contribution in [3.63, 3.8) is 0 Å². The number of benzene rings is 2. The van der Waals surface area contributed by atoms with Crippen LogP contribution in [-0.4, -0.2) is 39.5 Å². The van der Waals surface area contributed by atoms with E-state index in [4.69, 9.17) is 4.74 Å². The van der Waals surface area contributed by atoms with Crippen LogP contribution in [0.1, 0.15) is 45.5 Å². The molecule has 1 heterocycles. The SMILES string of the molecule is CCOC(=O)CCC(=O)N(CC)C(C)c1nc2ccccc2c(=O)n1-c1ccccc1F. The highest BCUT2D eigenvalue weighted by Crippen LogP contribution is 2.24. The van der Waals surface area contributed by atoms with Crippen molar-refractivity contribution in [2.45, 2.75) is 39.7 Å². The molecule has 0 radical (unpaired) electrons. The minimum Gasteiger partial charge on any atom is -0.466 e. The summed E-state index contributed by atoms with van der Waals surface area (Å²) >= 11 is 0. The minimum atomic E-state index is -0.647. The van der Waals surface area contributed by atoms with Crippen molar-refractivity contribution < 1.29 is 18.7 Å². The number of aromatic nitrogens is 2. The van der Waals surface area contributed by atoms with Crippen LogP contribution in [0.3, 0.4) is 0 Å². The Morgan fingerprint density at radius 1 is 1.09 bits per heavy atom. The molecule has 0 spiro atoms. The van der Waals surface area contributed by atoms with Crippen molar-refractivity contribution in [2.24, 2.45) is 0 Å². The summed E-state index contributed by atoms with van der Waals surface area (Å²) in [5.41, 5.74) is 0.104. The number of ether oxygens (including phenoxy) is 1. The molecule has 1 aromatic heterocycles. The topological polar surface area (TPSA) is 81.5 Å². The Bertz CT molecular complexity index is 1190. The van der Waals surface area contributed by atoms with Crippen LogP contribution in [0.4, 0.5) is 4.39 Å². The number of nitrogens with zero attached hydrogens (tertiary/aromatic N) is 3. The van der Waals surface area contributed by atoms with Crippen molar-refractivity contribution >= 4 is 22.8 Å². The average Bonchev–Trinajstić information content (AvgIpc) is 2.79. The summed E-state index contributed by atoms with van der Waals surface area (Å²) in [7, 11) is 0. The van der Waals surface area contributed by atoms with Gasteiger partial charge in [0.2, 0.25) is 5.91 Å². The molecule has 0 saturated carbocycles.